The van der Waals surface area contributed by atoms with Crippen LogP contribution in [-0.4, -0.2) is 51.9 Å². The van der Waals surface area contributed by atoms with Crippen molar-refractivity contribution in [3.63, 3.8) is 0 Å². The molecule has 0 atom stereocenters. The number of aromatic nitrogens is 3. The van der Waals surface area contributed by atoms with Gasteiger partial charge < -0.3 is 9.80 Å². The molecule has 1 aromatic carbocycles. The zero-order valence-electron chi connectivity index (χ0n) is 17.3. The van der Waals surface area contributed by atoms with Gasteiger partial charge in [0.1, 0.15) is 5.82 Å². The van der Waals surface area contributed by atoms with E-state index in [0.717, 1.165) is 28.0 Å². The number of nitrogens with zero attached hydrogens (tertiary/aromatic N) is 6. The molecule has 4 aromatic rings. The number of piperazine rings is 1. The van der Waals surface area contributed by atoms with Crippen LogP contribution in [0.2, 0.25) is 0 Å². The summed E-state index contributed by atoms with van der Waals surface area (Å²) in [6.45, 7) is 2.48. The van der Waals surface area contributed by atoms with E-state index in [1.807, 2.05) is 47.4 Å². The maximum absolute atomic E-state index is 13.5. The van der Waals surface area contributed by atoms with Crippen molar-refractivity contribution in [2.75, 3.05) is 31.1 Å². The van der Waals surface area contributed by atoms with Crippen molar-refractivity contribution in [3.8, 4) is 17.3 Å². The topological polar surface area (TPSA) is 86.0 Å². The Morgan fingerprint density at radius 2 is 1.81 bits per heavy atom. The summed E-state index contributed by atoms with van der Waals surface area (Å²) in [5.74, 6) is 0.761. The molecule has 3 aromatic heterocycles. The Hall–Kier alpha value is -4.31. The summed E-state index contributed by atoms with van der Waals surface area (Å²) in [6, 6.07) is 19.0. The van der Waals surface area contributed by atoms with Crippen LogP contribution in [0.1, 0.15) is 15.9 Å². The van der Waals surface area contributed by atoms with Gasteiger partial charge in [0.25, 0.3) is 5.91 Å². The number of anilines is 1. The van der Waals surface area contributed by atoms with Crippen molar-refractivity contribution in [2.45, 2.75) is 0 Å². The molecule has 5 rings (SSSR count). The van der Waals surface area contributed by atoms with E-state index in [-0.39, 0.29) is 5.91 Å². The van der Waals surface area contributed by atoms with Gasteiger partial charge in [0, 0.05) is 55.7 Å². The first kappa shape index (κ1) is 19.6. The quantitative estimate of drug-likeness (QED) is 0.504. The monoisotopic (exact) mass is 420 g/mol. The van der Waals surface area contributed by atoms with Crippen LogP contribution in [0.3, 0.4) is 0 Å². The predicted octanol–water partition coefficient (Wildman–Crippen LogP) is 3.53. The number of amides is 1. The molecule has 0 radical (unpaired) electrons. The number of para-hydroxylation sites is 1. The number of pyridine rings is 3. The van der Waals surface area contributed by atoms with Crippen LogP contribution >= 0.6 is 0 Å². The molecule has 156 valence electrons. The van der Waals surface area contributed by atoms with Crippen LogP contribution in [-0.2, 0) is 0 Å². The van der Waals surface area contributed by atoms with E-state index in [1.54, 1.807) is 30.7 Å². The average Bonchev–Trinajstić information content (AvgIpc) is 2.88. The van der Waals surface area contributed by atoms with E-state index in [4.69, 9.17) is 10.2 Å². The molecule has 0 N–H and O–H groups in total. The number of rotatable bonds is 3. The molecule has 1 aliphatic heterocycles. The van der Waals surface area contributed by atoms with Crippen LogP contribution in [0.25, 0.3) is 22.2 Å². The van der Waals surface area contributed by atoms with E-state index in [2.05, 4.69) is 20.9 Å². The van der Waals surface area contributed by atoms with Crippen molar-refractivity contribution < 1.29 is 4.79 Å². The van der Waals surface area contributed by atoms with Crippen LogP contribution < -0.4 is 4.90 Å². The number of benzene rings is 1. The smallest absolute Gasteiger partial charge is 0.254 e. The van der Waals surface area contributed by atoms with E-state index < -0.39 is 0 Å². The van der Waals surface area contributed by atoms with Crippen molar-refractivity contribution in [1.82, 2.24) is 19.9 Å². The van der Waals surface area contributed by atoms with Crippen LogP contribution in [0.4, 0.5) is 5.82 Å². The Labute approximate surface area is 185 Å². The van der Waals surface area contributed by atoms with Gasteiger partial charge in [-0.15, -0.1) is 0 Å². The van der Waals surface area contributed by atoms with Crippen LogP contribution in [0.15, 0.2) is 73.2 Å². The Kier molecular flexibility index (Phi) is 5.18. The molecular formula is C25H20N6O. The summed E-state index contributed by atoms with van der Waals surface area (Å²) in [5.41, 5.74) is 3.62. The van der Waals surface area contributed by atoms with E-state index in [1.165, 1.54) is 0 Å². The molecule has 32 heavy (non-hydrogen) atoms. The lowest BCUT2D eigenvalue weighted by molar-refractivity contribution is 0.0748. The highest BCUT2D eigenvalue weighted by molar-refractivity contribution is 6.07. The summed E-state index contributed by atoms with van der Waals surface area (Å²) in [6.07, 6.45) is 5.12. The lowest BCUT2D eigenvalue weighted by Crippen LogP contribution is -2.49. The van der Waals surface area contributed by atoms with Gasteiger partial charge >= 0.3 is 0 Å². The van der Waals surface area contributed by atoms with Crippen LogP contribution in [0.5, 0.6) is 0 Å². The summed E-state index contributed by atoms with van der Waals surface area (Å²) >= 11 is 0. The van der Waals surface area contributed by atoms with Crippen molar-refractivity contribution >= 4 is 22.6 Å². The van der Waals surface area contributed by atoms with Crippen molar-refractivity contribution in [3.05, 3.63) is 84.3 Å². The fourth-order valence-corrected chi connectivity index (χ4v) is 3.98. The molecule has 7 nitrogen and oxygen atoms in total. The van der Waals surface area contributed by atoms with E-state index >= 15 is 0 Å². The summed E-state index contributed by atoms with van der Waals surface area (Å²) < 4.78 is 0. The van der Waals surface area contributed by atoms with E-state index in [9.17, 15) is 4.79 Å². The number of carbonyl (C=O) groups excluding carboxylic acids is 1. The van der Waals surface area contributed by atoms with Gasteiger partial charge in [-0.25, -0.2) is 9.97 Å². The lowest BCUT2D eigenvalue weighted by atomic mass is 10.0. The van der Waals surface area contributed by atoms with Gasteiger partial charge in [-0.05, 0) is 36.4 Å². The Morgan fingerprint density at radius 1 is 0.969 bits per heavy atom. The minimum Gasteiger partial charge on any atom is -0.353 e. The van der Waals surface area contributed by atoms with Gasteiger partial charge in [0.05, 0.1) is 28.4 Å². The Balaban J connectivity index is 1.42. The Morgan fingerprint density at radius 3 is 2.59 bits per heavy atom. The van der Waals surface area contributed by atoms with Gasteiger partial charge in [-0.3, -0.25) is 9.78 Å². The summed E-state index contributed by atoms with van der Waals surface area (Å²) in [5, 5.41) is 9.98. The fourth-order valence-electron chi connectivity index (χ4n) is 3.98. The number of hydrogen-bond donors (Lipinski definition) is 0. The molecule has 0 saturated carbocycles. The van der Waals surface area contributed by atoms with Gasteiger partial charge in [-0.1, -0.05) is 18.2 Å². The van der Waals surface area contributed by atoms with Gasteiger partial charge in [0.2, 0.25) is 0 Å². The van der Waals surface area contributed by atoms with Crippen LogP contribution in [0, 0.1) is 11.3 Å². The standard InChI is InChI=1S/C25H20N6O/c26-16-18-7-9-28-24(14-18)30-10-12-31(13-11-30)25(32)21-15-23(19-4-3-8-27-17-19)29-22-6-2-1-5-20(21)22/h1-9,14-15,17H,10-13H2. The summed E-state index contributed by atoms with van der Waals surface area (Å²) in [7, 11) is 0. The molecule has 0 spiro atoms. The SMILES string of the molecule is N#Cc1ccnc(N2CCN(C(=O)c3cc(-c4cccnc4)nc4ccccc34)CC2)c1. The molecule has 0 aliphatic carbocycles. The maximum atomic E-state index is 13.5. The lowest BCUT2D eigenvalue weighted by Gasteiger charge is -2.35. The predicted molar refractivity (Wildman–Crippen MR) is 122 cm³/mol. The second-order valence-electron chi connectivity index (χ2n) is 7.61. The second kappa shape index (κ2) is 8.44. The molecule has 1 amide bonds. The first-order valence-corrected chi connectivity index (χ1v) is 10.4. The largest absolute Gasteiger partial charge is 0.353 e. The average molecular weight is 420 g/mol. The second-order valence-corrected chi connectivity index (χ2v) is 7.61. The summed E-state index contributed by atoms with van der Waals surface area (Å²) in [4.78, 5) is 30.8. The maximum Gasteiger partial charge on any atom is 0.254 e. The number of nitriles is 1. The van der Waals surface area contributed by atoms with Gasteiger partial charge in [-0.2, -0.15) is 5.26 Å². The highest BCUT2D eigenvalue weighted by Gasteiger charge is 2.25. The zero-order chi connectivity index (χ0) is 21.9. The highest BCUT2D eigenvalue weighted by Crippen LogP contribution is 2.26. The number of fused-ring (bicyclic) bond motifs is 1. The molecule has 1 aliphatic rings. The Bertz CT molecular complexity index is 1320. The molecule has 1 fully saturated rings. The molecule has 4 heterocycles. The zero-order valence-corrected chi connectivity index (χ0v) is 17.3. The molecule has 7 heteroatoms. The third kappa shape index (κ3) is 3.74. The first-order valence-electron chi connectivity index (χ1n) is 10.4. The third-order valence-electron chi connectivity index (χ3n) is 5.67. The number of carbonyl (C=O) groups is 1. The van der Waals surface area contributed by atoms with E-state index in [0.29, 0.717) is 37.3 Å². The fraction of sp³-hybridized carbons (Fsp3) is 0.160. The third-order valence-corrected chi connectivity index (χ3v) is 5.67. The minimum atomic E-state index is -0.00729. The van der Waals surface area contributed by atoms with Crippen molar-refractivity contribution in [2.24, 2.45) is 0 Å². The number of hydrogen-bond acceptors (Lipinski definition) is 6. The van der Waals surface area contributed by atoms with Crippen molar-refractivity contribution in [1.29, 1.82) is 5.26 Å². The molecule has 1 saturated heterocycles. The molecule has 0 unspecified atom stereocenters. The normalized spacial score (nSPS) is 13.7. The molecule has 0 bridgehead atoms. The highest BCUT2D eigenvalue weighted by atomic mass is 16.2. The van der Waals surface area contributed by atoms with Gasteiger partial charge in [0.15, 0.2) is 0 Å². The first-order chi connectivity index (χ1) is 15.7. The minimum absolute atomic E-state index is 0.00729. The molecular weight excluding hydrogens is 400 g/mol.